The average Bonchev–Trinajstić information content (AvgIpc) is 2.61. The van der Waals surface area contributed by atoms with Crippen LogP contribution in [-0.2, 0) is 10.8 Å². The van der Waals surface area contributed by atoms with E-state index in [2.05, 4.69) is 65.8 Å². The molecule has 0 unspecified atom stereocenters. The summed E-state index contributed by atoms with van der Waals surface area (Å²) in [7, 11) is -2.42. The number of hydrogen-bond acceptors (Lipinski definition) is 5. The Morgan fingerprint density at radius 3 is 1.70 bits per heavy atom. The lowest BCUT2D eigenvalue weighted by Crippen LogP contribution is -2.13. The standard InChI is InChI=1S/C18H25O3P.C6H6O2/c1-17(2,3)14-8-7-12-11-16(21-22(19)20)15(18(4,5)6)10-13(12)9-14;7-5-3-1-2-4-6(5)8/h7-11,19-20H,1-6H3;1-4,7-8H. The molecule has 0 aliphatic carbocycles. The Bertz CT molecular complexity index is 980. The Balaban J connectivity index is 0.000000335. The van der Waals surface area contributed by atoms with E-state index in [4.69, 9.17) is 14.7 Å². The van der Waals surface area contributed by atoms with Crippen molar-refractivity contribution in [1.29, 1.82) is 0 Å². The van der Waals surface area contributed by atoms with Crippen LogP contribution in [0.15, 0.2) is 54.6 Å². The van der Waals surface area contributed by atoms with Gasteiger partial charge in [0.25, 0.3) is 0 Å². The van der Waals surface area contributed by atoms with Crippen LogP contribution in [0.2, 0.25) is 0 Å². The van der Waals surface area contributed by atoms with Crippen molar-refractivity contribution < 1.29 is 24.5 Å². The van der Waals surface area contributed by atoms with Gasteiger partial charge in [-0.2, -0.15) is 0 Å². The summed E-state index contributed by atoms with van der Waals surface area (Å²) >= 11 is 0. The fourth-order valence-corrected chi connectivity index (χ4v) is 3.28. The molecule has 0 amide bonds. The molecule has 0 spiro atoms. The summed E-state index contributed by atoms with van der Waals surface area (Å²) in [5.41, 5.74) is 2.20. The number of fused-ring (bicyclic) bond motifs is 1. The lowest BCUT2D eigenvalue weighted by Gasteiger charge is -2.24. The van der Waals surface area contributed by atoms with E-state index in [1.165, 1.54) is 17.7 Å². The van der Waals surface area contributed by atoms with Crippen LogP contribution in [-0.4, -0.2) is 20.0 Å². The van der Waals surface area contributed by atoms with Crippen molar-refractivity contribution >= 4 is 19.4 Å². The number of aromatic hydroxyl groups is 2. The van der Waals surface area contributed by atoms with Crippen molar-refractivity contribution in [3.05, 3.63) is 65.7 Å². The Morgan fingerprint density at radius 1 is 0.700 bits per heavy atom. The molecular weight excluding hydrogens is 399 g/mol. The van der Waals surface area contributed by atoms with Crippen molar-refractivity contribution in [3.63, 3.8) is 0 Å². The number of para-hydroxylation sites is 2. The minimum absolute atomic E-state index is 0.0764. The number of benzene rings is 3. The monoisotopic (exact) mass is 430 g/mol. The van der Waals surface area contributed by atoms with Crippen molar-refractivity contribution in [2.24, 2.45) is 0 Å². The van der Waals surface area contributed by atoms with Gasteiger partial charge in [0.1, 0.15) is 5.75 Å². The molecule has 0 bridgehead atoms. The Labute approximate surface area is 179 Å². The second-order valence-corrected chi connectivity index (χ2v) is 9.93. The fourth-order valence-electron chi connectivity index (χ4n) is 2.96. The zero-order valence-corrected chi connectivity index (χ0v) is 19.2. The molecule has 162 valence electrons. The van der Waals surface area contributed by atoms with Crippen LogP contribution in [0.25, 0.3) is 10.8 Å². The first-order valence-electron chi connectivity index (χ1n) is 9.70. The maximum Gasteiger partial charge on any atom is 0.391 e. The third-order valence-electron chi connectivity index (χ3n) is 4.67. The normalized spacial score (nSPS) is 11.9. The molecule has 0 heterocycles. The van der Waals surface area contributed by atoms with Crippen LogP contribution in [0.5, 0.6) is 17.2 Å². The van der Waals surface area contributed by atoms with E-state index in [1.54, 1.807) is 12.1 Å². The molecule has 30 heavy (non-hydrogen) atoms. The molecule has 3 aromatic carbocycles. The molecule has 4 N–H and O–H groups in total. The van der Waals surface area contributed by atoms with Crippen molar-refractivity contribution in [2.75, 3.05) is 0 Å². The first kappa shape index (κ1) is 23.9. The van der Waals surface area contributed by atoms with Crippen molar-refractivity contribution in [1.82, 2.24) is 0 Å². The van der Waals surface area contributed by atoms with E-state index in [0.29, 0.717) is 5.75 Å². The molecule has 6 heteroatoms. The highest BCUT2D eigenvalue weighted by Gasteiger charge is 2.22. The molecule has 0 aliphatic rings. The third-order valence-corrected chi connectivity index (χ3v) is 5.03. The van der Waals surface area contributed by atoms with Gasteiger partial charge in [-0.25, -0.2) is 0 Å². The first-order valence-corrected chi connectivity index (χ1v) is 10.9. The molecular formula is C24H31O5P. The van der Waals surface area contributed by atoms with E-state index < -0.39 is 8.60 Å². The molecule has 3 rings (SSSR count). The van der Waals surface area contributed by atoms with Crippen LogP contribution in [0.3, 0.4) is 0 Å². The fraction of sp³-hybridized carbons (Fsp3) is 0.333. The van der Waals surface area contributed by atoms with Gasteiger partial charge in [0, 0.05) is 5.56 Å². The maximum atomic E-state index is 9.22. The smallest absolute Gasteiger partial charge is 0.391 e. The topological polar surface area (TPSA) is 90.2 Å². The second-order valence-electron chi connectivity index (χ2n) is 9.24. The largest absolute Gasteiger partial charge is 0.504 e. The average molecular weight is 430 g/mol. The zero-order valence-electron chi connectivity index (χ0n) is 18.3. The first-order chi connectivity index (χ1) is 13.8. The predicted octanol–water partition coefficient (Wildman–Crippen LogP) is 6.12. The Morgan fingerprint density at radius 2 is 1.27 bits per heavy atom. The molecule has 0 saturated carbocycles. The summed E-state index contributed by atoms with van der Waals surface area (Å²) in [6.07, 6.45) is 0. The number of phenols is 2. The highest BCUT2D eigenvalue weighted by Crippen LogP contribution is 2.40. The van der Waals surface area contributed by atoms with Gasteiger partial charge in [-0.1, -0.05) is 71.9 Å². The molecule has 0 fully saturated rings. The molecule has 0 aliphatic heterocycles. The molecule has 3 aromatic rings. The summed E-state index contributed by atoms with van der Waals surface area (Å²) in [4.78, 5) is 18.4. The van der Waals surface area contributed by atoms with Gasteiger partial charge in [-0.3, -0.25) is 0 Å². The quantitative estimate of drug-likeness (QED) is 0.290. The van der Waals surface area contributed by atoms with Gasteiger partial charge in [0.2, 0.25) is 0 Å². The number of hydrogen-bond donors (Lipinski definition) is 4. The lowest BCUT2D eigenvalue weighted by atomic mass is 9.83. The molecule has 0 aromatic heterocycles. The van der Waals surface area contributed by atoms with Gasteiger partial charge in [0.05, 0.1) is 0 Å². The summed E-state index contributed by atoms with van der Waals surface area (Å²) in [6, 6.07) is 16.5. The van der Waals surface area contributed by atoms with Gasteiger partial charge >= 0.3 is 8.60 Å². The highest BCUT2D eigenvalue weighted by molar-refractivity contribution is 7.39. The Hall–Kier alpha value is -2.33. The van der Waals surface area contributed by atoms with E-state index in [0.717, 1.165) is 16.3 Å². The minimum atomic E-state index is -2.42. The van der Waals surface area contributed by atoms with E-state index in [9.17, 15) is 9.79 Å². The van der Waals surface area contributed by atoms with E-state index in [-0.39, 0.29) is 22.3 Å². The summed E-state index contributed by atoms with van der Waals surface area (Å²) in [5.74, 6) is 0.389. The van der Waals surface area contributed by atoms with Gasteiger partial charge in [-0.15, -0.1) is 0 Å². The van der Waals surface area contributed by atoms with Gasteiger partial charge < -0.3 is 24.5 Å². The third kappa shape index (κ3) is 6.33. The minimum Gasteiger partial charge on any atom is -0.504 e. The SMILES string of the molecule is CC(C)(C)c1ccc2cc(OP(O)O)c(C(C)(C)C)cc2c1.Oc1ccccc1O. The molecule has 0 radical (unpaired) electrons. The summed E-state index contributed by atoms with van der Waals surface area (Å²) in [6.45, 7) is 12.9. The van der Waals surface area contributed by atoms with Crippen molar-refractivity contribution in [3.8, 4) is 17.2 Å². The molecule has 5 nitrogen and oxygen atoms in total. The van der Waals surface area contributed by atoms with Crippen molar-refractivity contribution in [2.45, 2.75) is 52.4 Å². The van der Waals surface area contributed by atoms with Crippen LogP contribution >= 0.6 is 8.60 Å². The van der Waals surface area contributed by atoms with Crippen LogP contribution in [0.1, 0.15) is 52.7 Å². The maximum absolute atomic E-state index is 9.22. The van der Waals surface area contributed by atoms with Gasteiger partial charge in [-0.05, 0) is 51.4 Å². The molecule has 0 saturated heterocycles. The predicted molar refractivity (Wildman–Crippen MR) is 123 cm³/mol. The molecule has 0 atom stereocenters. The Kier molecular flexibility index (Phi) is 7.36. The number of phenolic OH excluding ortho intramolecular Hbond substituents is 2. The highest BCUT2D eigenvalue weighted by atomic mass is 31.2. The zero-order chi connectivity index (χ0) is 22.7. The van der Waals surface area contributed by atoms with E-state index >= 15 is 0 Å². The van der Waals surface area contributed by atoms with E-state index in [1.807, 2.05) is 6.07 Å². The lowest BCUT2D eigenvalue weighted by molar-refractivity contribution is 0.370. The van der Waals surface area contributed by atoms with Gasteiger partial charge in [0.15, 0.2) is 11.5 Å². The number of rotatable bonds is 2. The van der Waals surface area contributed by atoms with Crippen LogP contribution < -0.4 is 4.52 Å². The second kappa shape index (κ2) is 9.22. The summed E-state index contributed by atoms with van der Waals surface area (Å²) in [5, 5.41) is 19.5. The summed E-state index contributed by atoms with van der Waals surface area (Å²) < 4.78 is 5.25. The van der Waals surface area contributed by atoms with Crippen LogP contribution in [0, 0.1) is 0 Å². The van der Waals surface area contributed by atoms with Crippen LogP contribution in [0.4, 0.5) is 0 Å².